The Morgan fingerprint density at radius 2 is 2.09 bits per heavy atom. The number of aromatic nitrogens is 2. The lowest BCUT2D eigenvalue weighted by Gasteiger charge is -2.33. The Kier molecular flexibility index (Phi) is 4.34. The van der Waals surface area contributed by atoms with E-state index in [9.17, 15) is 4.79 Å². The van der Waals surface area contributed by atoms with Gasteiger partial charge in [0.25, 0.3) is 0 Å². The molecule has 0 bridgehead atoms. The SMILES string of the molecule is COC(=O)c1c(-c2ccnc(Cl)c2)cnc(N2CCC2)c1OC. The molecule has 2 aromatic rings. The molecule has 2 aromatic heterocycles. The van der Waals surface area contributed by atoms with Crippen molar-refractivity contribution in [2.24, 2.45) is 0 Å². The van der Waals surface area contributed by atoms with Crippen LogP contribution in [0.4, 0.5) is 5.82 Å². The Balaban J connectivity index is 2.21. The molecule has 3 rings (SSSR count). The molecule has 1 aliphatic rings. The third kappa shape index (κ3) is 2.82. The second-order valence-electron chi connectivity index (χ2n) is 5.10. The van der Waals surface area contributed by atoms with E-state index in [1.54, 1.807) is 24.5 Å². The Bertz CT molecular complexity index is 747. The Hall–Kier alpha value is -2.34. The molecule has 1 aliphatic heterocycles. The van der Waals surface area contributed by atoms with Crippen LogP contribution in [-0.2, 0) is 4.74 Å². The van der Waals surface area contributed by atoms with Crippen LogP contribution in [0.3, 0.4) is 0 Å². The monoisotopic (exact) mass is 333 g/mol. The minimum absolute atomic E-state index is 0.337. The van der Waals surface area contributed by atoms with Crippen molar-refractivity contribution < 1.29 is 14.3 Å². The van der Waals surface area contributed by atoms with Gasteiger partial charge in [-0.05, 0) is 24.1 Å². The quantitative estimate of drug-likeness (QED) is 0.633. The van der Waals surface area contributed by atoms with Crippen LogP contribution in [0.1, 0.15) is 16.8 Å². The minimum atomic E-state index is -0.478. The average molecular weight is 334 g/mol. The van der Waals surface area contributed by atoms with Crippen molar-refractivity contribution in [3.63, 3.8) is 0 Å². The highest BCUT2D eigenvalue weighted by molar-refractivity contribution is 6.29. The molecule has 1 saturated heterocycles. The molecule has 0 radical (unpaired) electrons. The van der Waals surface area contributed by atoms with Gasteiger partial charge in [0.15, 0.2) is 11.6 Å². The first-order chi connectivity index (χ1) is 11.2. The fraction of sp³-hybridized carbons (Fsp3) is 0.312. The summed E-state index contributed by atoms with van der Waals surface area (Å²) in [5.74, 6) is 0.596. The average Bonchev–Trinajstić information content (AvgIpc) is 2.52. The van der Waals surface area contributed by atoms with Crippen LogP contribution in [0.2, 0.25) is 5.15 Å². The first kappa shape index (κ1) is 15.6. The molecular weight excluding hydrogens is 318 g/mol. The van der Waals surface area contributed by atoms with Gasteiger partial charge in [-0.1, -0.05) is 11.6 Å². The van der Waals surface area contributed by atoms with Gasteiger partial charge in [0, 0.05) is 31.0 Å². The molecule has 0 saturated carbocycles. The maximum absolute atomic E-state index is 12.4. The largest absolute Gasteiger partial charge is 0.492 e. The van der Waals surface area contributed by atoms with Gasteiger partial charge in [-0.15, -0.1) is 0 Å². The molecule has 0 atom stereocenters. The van der Waals surface area contributed by atoms with Crippen molar-refractivity contribution in [2.75, 3.05) is 32.2 Å². The fourth-order valence-corrected chi connectivity index (χ4v) is 2.70. The lowest BCUT2D eigenvalue weighted by atomic mass is 10.0. The second-order valence-corrected chi connectivity index (χ2v) is 5.49. The summed E-state index contributed by atoms with van der Waals surface area (Å²) < 4.78 is 10.4. The molecule has 0 unspecified atom stereocenters. The van der Waals surface area contributed by atoms with E-state index in [0.717, 1.165) is 25.1 Å². The normalized spacial score (nSPS) is 13.4. The van der Waals surface area contributed by atoms with E-state index >= 15 is 0 Å². The van der Waals surface area contributed by atoms with E-state index in [2.05, 4.69) is 14.9 Å². The maximum Gasteiger partial charge on any atom is 0.342 e. The lowest BCUT2D eigenvalue weighted by molar-refractivity contribution is 0.0598. The first-order valence-corrected chi connectivity index (χ1v) is 7.55. The molecule has 0 aromatic carbocycles. The first-order valence-electron chi connectivity index (χ1n) is 7.18. The zero-order chi connectivity index (χ0) is 16.4. The molecule has 23 heavy (non-hydrogen) atoms. The summed E-state index contributed by atoms with van der Waals surface area (Å²) in [6.45, 7) is 1.79. The van der Waals surface area contributed by atoms with Gasteiger partial charge in [-0.25, -0.2) is 14.8 Å². The Morgan fingerprint density at radius 1 is 1.30 bits per heavy atom. The van der Waals surface area contributed by atoms with Gasteiger partial charge >= 0.3 is 5.97 Å². The van der Waals surface area contributed by atoms with E-state index in [-0.39, 0.29) is 0 Å². The van der Waals surface area contributed by atoms with Crippen LogP contribution in [0.5, 0.6) is 5.75 Å². The predicted molar refractivity (Wildman–Crippen MR) is 87.2 cm³/mol. The highest BCUT2D eigenvalue weighted by atomic mass is 35.5. The van der Waals surface area contributed by atoms with Crippen LogP contribution in [-0.4, -0.2) is 43.2 Å². The summed E-state index contributed by atoms with van der Waals surface area (Å²) in [4.78, 5) is 22.9. The van der Waals surface area contributed by atoms with E-state index in [1.165, 1.54) is 14.2 Å². The van der Waals surface area contributed by atoms with Crippen molar-refractivity contribution in [2.45, 2.75) is 6.42 Å². The summed E-state index contributed by atoms with van der Waals surface area (Å²) in [7, 11) is 2.87. The number of halogens is 1. The fourth-order valence-electron chi connectivity index (χ4n) is 2.52. The number of nitrogens with zero attached hydrogens (tertiary/aromatic N) is 3. The van der Waals surface area contributed by atoms with Gasteiger partial charge in [-0.3, -0.25) is 0 Å². The van der Waals surface area contributed by atoms with Gasteiger partial charge in [-0.2, -0.15) is 0 Å². The molecule has 0 aliphatic carbocycles. The molecular formula is C16H16ClN3O3. The van der Waals surface area contributed by atoms with Crippen molar-refractivity contribution in [1.82, 2.24) is 9.97 Å². The maximum atomic E-state index is 12.4. The number of hydrogen-bond acceptors (Lipinski definition) is 6. The standard InChI is InChI=1S/C16H16ClN3O3/c1-22-14-13(16(21)23-2)11(10-4-5-18-12(17)8-10)9-19-15(14)20-6-3-7-20/h4-5,8-9H,3,6-7H2,1-2H3. The summed E-state index contributed by atoms with van der Waals surface area (Å²) >= 11 is 5.96. The number of rotatable bonds is 4. The molecule has 3 heterocycles. The molecule has 1 fully saturated rings. The number of carbonyl (C=O) groups is 1. The van der Waals surface area contributed by atoms with Gasteiger partial charge < -0.3 is 14.4 Å². The number of anilines is 1. The number of methoxy groups -OCH3 is 2. The summed E-state index contributed by atoms with van der Waals surface area (Å²) in [5, 5.41) is 0.337. The van der Waals surface area contributed by atoms with Crippen molar-refractivity contribution in [3.05, 3.63) is 35.2 Å². The highest BCUT2D eigenvalue weighted by Gasteiger charge is 2.28. The van der Waals surface area contributed by atoms with Crippen molar-refractivity contribution in [3.8, 4) is 16.9 Å². The predicted octanol–water partition coefficient (Wildman–Crippen LogP) is 2.80. The lowest BCUT2D eigenvalue weighted by Crippen LogP contribution is -2.38. The van der Waals surface area contributed by atoms with E-state index < -0.39 is 5.97 Å². The Labute approximate surface area is 139 Å². The number of esters is 1. The molecule has 0 spiro atoms. The van der Waals surface area contributed by atoms with Crippen LogP contribution in [0, 0.1) is 0 Å². The van der Waals surface area contributed by atoms with Crippen LogP contribution in [0.25, 0.3) is 11.1 Å². The molecule has 7 heteroatoms. The third-order valence-corrected chi connectivity index (χ3v) is 4.01. The molecule has 6 nitrogen and oxygen atoms in total. The molecule has 120 valence electrons. The van der Waals surface area contributed by atoms with E-state index in [4.69, 9.17) is 21.1 Å². The van der Waals surface area contributed by atoms with Crippen LogP contribution >= 0.6 is 11.6 Å². The zero-order valence-corrected chi connectivity index (χ0v) is 13.6. The summed E-state index contributed by atoms with van der Waals surface area (Å²) in [6, 6.07) is 3.44. The van der Waals surface area contributed by atoms with Crippen LogP contribution in [0.15, 0.2) is 24.5 Å². The van der Waals surface area contributed by atoms with E-state index in [0.29, 0.717) is 27.8 Å². The van der Waals surface area contributed by atoms with E-state index in [1.807, 2.05) is 0 Å². The smallest absolute Gasteiger partial charge is 0.342 e. The topological polar surface area (TPSA) is 64.5 Å². The second kappa shape index (κ2) is 6.42. The molecule has 0 N–H and O–H groups in total. The minimum Gasteiger partial charge on any atom is -0.492 e. The zero-order valence-electron chi connectivity index (χ0n) is 12.9. The van der Waals surface area contributed by atoms with Crippen molar-refractivity contribution >= 4 is 23.4 Å². The van der Waals surface area contributed by atoms with Crippen LogP contribution < -0.4 is 9.64 Å². The summed E-state index contributed by atoms with van der Waals surface area (Å²) in [6.07, 6.45) is 4.32. The Morgan fingerprint density at radius 3 is 2.65 bits per heavy atom. The number of carbonyl (C=O) groups excluding carboxylic acids is 1. The van der Waals surface area contributed by atoms with Crippen molar-refractivity contribution in [1.29, 1.82) is 0 Å². The number of hydrogen-bond donors (Lipinski definition) is 0. The number of pyridine rings is 2. The van der Waals surface area contributed by atoms with Gasteiger partial charge in [0.2, 0.25) is 0 Å². The molecule has 0 amide bonds. The summed E-state index contributed by atoms with van der Waals surface area (Å²) in [5.41, 5.74) is 1.67. The highest BCUT2D eigenvalue weighted by Crippen LogP contribution is 2.38. The van der Waals surface area contributed by atoms with Gasteiger partial charge in [0.05, 0.1) is 14.2 Å². The third-order valence-electron chi connectivity index (χ3n) is 3.80. The number of ether oxygens (including phenoxy) is 2. The van der Waals surface area contributed by atoms with Gasteiger partial charge in [0.1, 0.15) is 10.7 Å².